The normalized spacial score (nSPS) is 12.1. The molecule has 2 nitrogen and oxygen atoms in total. The molecule has 0 unspecified atom stereocenters. The molecule has 0 atom stereocenters. The highest BCUT2D eigenvalue weighted by Crippen LogP contribution is 2.00. The van der Waals surface area contributed by atoms with Crippen molar-refractivity contribution >= 4 is 6.21 Å². The van der Waals surface area contributed by atoms with Crippen LogP contribution in [0, 0.1) is 11.1 Å². The fraction of sp³-hybridized carbons (Fsp3) is 0.417. The van der Waals surface area contributed by atoms with Crippen molar-refractivity contribution in [2.45, 2.75) is 26.8 Å². The molecule has 0 heterocycles. The van der Waals surface area contributed by atoms with Gasteiger partial charge in [-0.3, -0.25) is 0 Å². The number of hydrogen-bond donors (Lipinski definition) is 0. The van der Waals surface area contributed by atoms with E-state index in [1.807, 2.05) is 30.3 Å². The van der Waals surface area contributed by atoms with Crippen LogP contribution in [-0.2, 0) is 6.54 Å². The number of rotatable bonds is 4. The van der Waals surface area contributed by atoms with Gasteiger partial charge in [0.2, 0.25) is 0 Å². The predicted molar refractivity (Wildman–Crippen MR) is 59.3 cm³/mol. The average molecular weight is 191 g/mol. The van der Waals surface area contributed by atoms with E-state index in [1.54, 1.807) is 6.21 Å². The fourth-order valence-corrected chi connectivity index (χ4v) is 1.16. The lowest BCUT2D eigenvalue weighted by Crippen LogP contribution is -2.06. The van der Waals surface area contributed by atoms with Gasteiger partial charge in [-0.2, -0.15) is 0 Å². The Morgan fingerprint density at radius 2 is 1.93 bits per heavy atom. The molecule has 0 amide bonds. The highest BCUT2D eigenvalue weighted by Gasteiger charge is 1.98. The molecule has 0 fully saturated rings. The van der Waals surface area contributed by atoms with E-state index in [0.29, 0.717) is 12.5 Å². The van der Waals surface area contributed by atoms with Crippen molar-refractivity contribution in [2.75, 3.05) is 0 Å². The van der Waals surface area contributed by atoms with E-state index in [4.69, 9.17) is 0 Å². The zero-order valence-corrected chi connectivity index (χ0v) is 8.81. The van der Waals surface area contributed by atoms with E-state index in [2.05, 4.69) is 13.8 Å². The summed E-state index contributed by atoms with van der Waals surface area (Å²) in [4.78, 5) is 0. The van der Waals surface area contributed by atoms with E-state index in [-0.39, 0.29) is 0 Å². The third-order valence-corrected chi connectivity index (χ3v) is 1.96. The van der Waals surface area contributed by atoms with Gasteiger partial charge in [0.15, 0.2) is 12.8 Å². The highest BCUT2D eigenvalue weighted by molar-refractivity contribution is 5.51. The van der Waals surface area contributed by atoms with Gasteiger partial charge in [-0.1, -0.05) is 44.2 Å². The second-order valence-electron chi connectivity index (χ2n) is 3.87. The summed E-state index contributed by atoms with van der Waals surface area (Å²) in [5, 5.41) is 11.4. The Kier molecular flexibility index (Phi) is 4.17. The summed E-state index contributed by atoms with van der Waals surface area (Å²) < 4.78 is 1.01. The number of hydrogen-bond acceptors (Lipinski definition) is 1. The van der Waals surface area contributed by atoms with Gasteiger partial charge < -0.3 is 5.21 Å². The Morgan fingerprint density at radius 3 is 2.50 bits per heavy atom. The molecule has 0 spiro atoms. The zero-order chi connectivity index (χ0) is 10.4. The van der Waals surface area contributed by atoms with E-state index in [9.17, 15) is 5.21 Å². The molecular formula is C12H17NO. The van der Waals surface area contributed by atoms with Crippen molar-refractivity contribution in [1.82, 2.24) is 0 Å². The number of nitrogens with zero attached hydrogens (tertiary/aromatic N) is 1. The Bertz CT molecular complexity index is 290. The second-order valence-corrected chi connectivity index (χ2v) is 3.87. The first-order chi connectivity index (χ1) is 6.68. The average Bonchev–Trinajstić information content (AvgIpc) is 2.16. The van der Waals surface area contributed by atoms with Crippen molar-refractivity contribution < 1.29 is 4.74 Å². The van der Waals surface area contributed by atoms with Crippen LogP contribution in [0.3, 0.4) is 0 Å². The summed E-state index contributed by atoms with van der Waals surface area (Å²) in [6.45, 7) is 4.66. The monoisotopic (exact) mass is 191 g/mol. The summed E-state index contributed by atoms with van der Waals surface area (Å²) in [5.74, 6) is 0.544. The molecule has 0 radical (unpaired) electrons. The third-order valence-electron chi connectivity index (χ3n) is 1.96. The first-order valence-electron chi connectivity index (χ1n) is 4.99. The lowest BCUT2D eigenvalue weighted by atomic mass is 10.1. The van der Waals surface area contributed by atoms with Crippen molar-refractivity contribution in [3.8, 4) is 0 Å². The molecule has 1 aromatic rings. The largest absolute Gasteiger partial charge is 0.624 e. The maximum Gasteiger partial charge on any atom is 0.178 e. The highest BCUT2D eigenvalue weighted by atomic mass is 16.5. The minimum absolute atomic E-state index is 0.452. The Labute approximate surface area is 85.5 Å². The SMILES string of the molecule is CC(C)C/C=[N+](\[O-])Cc1ccccc1. The molecule has 0 aliphatic carbocycles. The van der Waals surface area contributed by atoms with Crippen molar-refractivity contribution in [3.05, 3.63) is 41.1 Å². The van der Waals surface area contributed by atoms with E-state index >= 15 is 0 Å². The molecule has 0 aromatic heterocycles. The summed E-state index contributed by atoms with van der Waals surface area (Å²) in [6, 6.07) is 9.79. The molecule has 2 heteroatoms. The quantitative estimate of drug-likeness (QED) is 0.311. The van der Waals surface area contributed by atoms with Crippen LogP contribution >= 0.6 is 0 Å². The van der Waals surface area contributed by atoms with Crippen LogP contribution in [0.5, 0.6) is 0 Å². The summed E-state index contributed by atoms with van der Waals surface area (Å²) in [7, 11) is 0. The smallest absolute Gasteiger partial charge is 0.178 e. The van der Waals surface area contributed by atoms with E-state index < -0.39 is 0 Å². The lowest BCUT2D eigenvalue weighted by molar-refractivity contribution is -0.471. The molecule has 0 aliphatic heterocycles. The van der Waals surface area contributed by atoms with Gasteiger partial charge >= 0.3 is 0 Å². The van der Waals surface area contributed by atoms with Gasteiger partial charge in [-0.05, 0) is 5.92 Å². The molecule has 76 valence electrons. The molecule has 0 aliphatic rings. The number of benzene rings is 1. The van der Waals surface area contributed by atoms with Crippen LogP contribution in [0.25, 0.3) is 0 Å². The molecule has 0 bridgehead atoms. The topological polar surface area (TPSA) is 26.1 Å². The third kappa shape index (κ3) is 4.08. The van der Waals surface area contributed by atoms with Crippen molar-refractivity contribution in [3.63, 3.8) is 0 Å². The maximum absolute atomic E-state index is 11.4. The summed E-state index contributed by atoms with van der Waals surface area (Å²) >= 11 is 0. The number of hydroxylamine groups is 1. The lowest BCUT2D eigenvalue weighted by Gasteiger charge is -2.04. The second kappa shape index (κ2) is 5.43. The minimum Gasteiger partial charge on any atom is -0.624 e. The molecule has 1 aromatic carbocycles. The summed E-state index contributed by atoms with van der Waals surface area (Å²) in [6.07, 6.45) is 2.56. The molecular weight excluding hydrogens is 174 g/mol. The van der Waals surface area contributed by atoms with Gasteiger partial charge in [0, 0.05) is 12.0 Å². The first kappa shape index (κ1) is 10.8. The van der Waals surface area contributed by atoms with Crippen LogP contribution in [0.1, 0.15) is 25.8 Å². The Morgan fingerprint density at radius 1 is 1.29 bits per heavy atom. The molecule has 0 saturated heterocycles. The standard InChI is InChI=1S/C12H17NO/c1-11(2)8-9-13(14)10-12-6-4-3-5-7-12/h3-7,9,11H,8,10H2,1-2H3/b13-9-. The predicted octanol–water partition coefficient (Wildman–Crippen LogP) is 2.81. The van der Waals surface area contributed by atoms with Crippen LogP contribution < -0.4 is 0 Å². The van der Waals surface area contributed by atoms with Gasteiger partial charge in [0.25, 0.3) is 0 Å². The molecule has 1 rings (SSSR count). The van der Waals surface area contributed by atoms with Gasteiger partial charge in [-0.25, -0.2) is 4.74 Å². The fourth-order valence-electron chi connectivity index (χ4n) is 1.16. The first-order valence-corrected chi connectivity index (χ1v) is 4.99. The van der Waals surface area contributed by atoms with Crippen LogP contribution in [0.15, 0.2) is 30.3 Å². The Balaban J connectivity index is 2.49. The minimum atomic E-state index is 0.452. The maximum atomic E-state index is 11.4. The van der Waals surface area contributed by atoms with Gasteiger partial charge in [0.1, 0.15) is 0 Å². The van der Waals surface area contributed by atoms with Crippen LogP contribution in [0.4, 0.5) is 0 Å². The van der Waals surface area contributed by atoms with Crippen molar-refractivity contribution in [1.29, 1.82) is 0 Å². The molecule has 0 saturated carbocycles. The summed E-state index contributed by atoms with van der Waals surface area (Å²) in [5.41, 5.74) is 1.06. The van der Waals surface area contributed by atoms with E-state index in [0.717, 1.165) is 16.7 Å². The van der Waals surface area contributed by atoms with Gasteiger partial charge in [-0.15, -0.1) is 0 Å². The van der Waals surface area contributed by atoms with Crippen LogP contribution in [0.2, 0.25) is 0 Å². The zero-order valence-electron chi connectivity index (χ0n) is 8.81. The van der Waals surface area contributed by atoms with Crippen molar-refractivity contribution in [2.24, 2.45) is 5.92 Å². The van der Waals surface area contributed by atoms with E-state index in [1.165, 1.54) is 0 Å². The Hall–Kier alpha value is -1.31. The van der Waals surface area contributed by atoms with Gasteiger partial charge in [0.05, 0.1) is 0 Å². The molecule has 0 N–H and O–H groups in total. The molecule has 14 heavy (non-hydrogen) atoms. The van der Waals surface area contributed by atoms with Crippen LogP contribution in [-0.4, -0.2) is 11.0 Å².